The van der Waals surface area contributed by atoms with E-state index in [1.165, 1.54) is 29.5 Å². The third-order valence-electron chi connectivity index (χ3n) is 3.47. The predicted molar refractivity (Wildman–Crippen MR) is 60.4 cm³/mol. The summed E-state index contributed by atoms with van der Waals surface area (Å²) in [6.45, 7) is 4.53. The lowest BCUT2D eigenvalue weighted by atomic mass is 9.95. The monoisotopic (exact) mass is 189 g/mol. The first-order valence-electron chi connectivity index (χ1n) is 5.60. The summed E-state index contributed by atoms with van der Waals surface area (Å²) >= 11 is 0. The summed E-state index contributed by atoms with van der Waals surface area (Å²) in [5, 5.41) is 0. The van der Waals surface area contributed by atoms with Crippen molar-refractivity contribution < 1.29 is 0 Å². The minimum atomic E-state index is 0.288. The molecule has 1 aromatic rings. The zero-order valence-corrected chi connectivity index (χ0v) is 9.09. The number of rotatable bonds is 2. The SMILES string of the molecule is CCC(C)c1ccc2c(c1)CCC2N. The molecule has 2 N–H and O–H groups in total. The van der Waals surface area contributed by atoms with Crippen molar-refractivity contribution in [2.45, 2.75) is 45.1 Å². The van der Waals surface area contributed by atoms with Gasteiger partial charge in [0.1, 0.15) is 0 Å². The summed E-state index contributed by atoms with van der Waals surface area (Å²) in [6, 6.07) is 7.12. The zero-order valence-electron chi connectivity index (χ0n) is 9.09. The van der Waals surface area contributed by atoms with Crippen LogP contribution in [0.1, 0.15) is 55.3 Å². The molecule has 0 aromatic heterocycles. The van der Waals surface area contributed by atoms with Crippen LogP contribution in [-0.4, -0.2) is 0 Å². The van der Waals surface area contributed by atoms with Gasteiger partial charge in [-0.15, -0.1) is 0 Å². The Kier molecular flexibility index (Phi) is 2.60. The smallest absolute Gasteiger partial charge is 0.0300 e. The molecule has 0 spiro atoms. The number of hydrogen-bond donors (Lipinski definition) is 1. The van der Waals surface area contributed by atoms with E-state index in [1.807, 2.05) is 0 Å². The molecule has 1 aliphatic carbocycles. The van der Waals surface area contributed by atoms with E-state index in [1.54, 1.807) is 0 Å². The van der Waals surface area contributed by atoms with E-state index in [2.05, 4.69) is 32.0 Å². The molecule has 0 fully saturated rings. The molecule has 0 bridgehead atoms. The van der Waals surface area contributed by atoms with Crippen molar-refractivity contribution in [1.82, 2.24) is 0 Å². The number of hydrogen-bond acceptors (Lipinski definition) is 1. The molecule has 0 heterocycles. The maximum atomic E-state index is 6.01. The average Bonchev–Trinajstić information content (AvgIpc) is 2.59. The lowest BCUT2D eigenvalue weighted by molar-refractivity contribution is 0.713. The van der Waals surface area contributed by atoms with Gasteiger partial charge in [-0.2, -0.15) is 0 Å². The first-order valence-corrected chi connectivity index (χ1v) is 5.60. The molecule has 14 heavy (non-hydrogen) atoms. The van der Waals surface area contributed by atoms with Gasteiger partial charge in [-0.25, -0.2) is 0 Å². The van der Waals surface area contributed by atoms with Crippen LogP contribution in [0, 0.1) is 0 Å². The van der Waals surface area contributed by atoms with Crippen molar-refractivity contribution in [2.75, 3.05) is 0 Å². The summed E-state index contributed by atoms with van der Waals surface area (Å²) < 4.78 is 0. The molecular formula is C13H19N. The molecule has 1 aromatic carbocycles. The second kappa shape index (κ2) is 3.74. The largest absolute Gasteiger partial charge is 0.324 e. The van der Waals surface area contributed by atoms with E-state index in [0.29, 0.717) is 5.92 Å². The molecule has 76 valence electrons. The first-order chi connectivity index (χ1) is 6.72. The molecule has 0 aliphatic heterocycles. The standard InChI is InChI=1S/C13H19N/c1-3-9(2)10-4-6-12-11(8-10)5-7-13(12)14/h4,6,8-9,13H,3,5,7,14H2,1-2H3. The minimum Gasteiger partial charge on any atom is -0.324 e. The Morgan fingerprint density at radius 2 is 2.29 bits per heavy atom. The van der Waals surface area contributed by atoms with Gasteiger partial charge < -0.3 is 5.73 Å². The quantitative estimate of drug-likeness (QED) is 0.760. The van der Waals surface area contributed by atoms with Crippen LogP contribution < -0.4 is 5.73 Å². The molecule has 0 saturated heterocycles. The Balaban J connectivity index is 2.32. The fourth-order valence-electron chi connectivity index (χ4n) is 2.21. The number of benzene rings is 1. The van der Waals surface area contributed by atoms with Crippen LogP contribution in [0.15, 0.2) is 18.2 Å². The number of nitrogens with two attached hydrogens (primary N) is 1. The highest BCUT2D eigenvalue weighted by Crippen LogP contribution is 2.32. The van der Waals surface area contributed by atoms with Crippen LogP contribution in [0.25, 0.3) is 0 Å². The van der Waals surface area contributed by atoms with Crippen molar-refractivity contribution in [3.05, 3.63) is 34.9 Å². The van der Waals surface area contributed by atoms with Crippen molar-refractivity contribution in [2.24, 2.45) is 5.73 Å². The highest BCUT2D eigenvalue weighted by Gasteiger charge is 2.19. The Morgan fingerprint density at radius 3 is 3.00 bits per heavy atom. The van der Waals surface area contributed by atoms with Crippen LogP contribution in [0.3, 0.4) is 0 Å². The van der Waals surface area contributed by atoms with Gasteiger partial charge in [-0.05, 0) is 41.9 Å². The van der Waals surface area contributed by atoms with Crippen LogP contribution in [-0.2, 0) is 6.42 Å². The molecule has 1 nitrogen and oxygen atoms in total. The maximum Gasteiger partial charge on any atom is 0.0300 e. The first kappa shape index (κ1) is 9.72. The van der Waals surface area contributed by atoms with Gasteiger partial charge in [-0.1, -0.05) is 32.0 Å². The second-order valence-electron chi connectivity index (χ2n) is 4.41. The second-order valence-corrected chi connectivity index (χ2v) is 4.41. The Bertz CT molecular complexity index is 330. The van der Waals surface area contributed by atoms with Crippen molar-refractivity contribution in [1.29, 1.82) is 0 Å². The predicted octanol–water partition coefficient (Wildman–Crippen LogP) is 3.15. The number of aryl methyl sites for hydroxylation is 1. The maximum absolute atomic E-state index is 6.01. The molecule has 2 rings (SSSR count). The fourth-order valence-corrected chi connectivity index (χ4v) is 2.21. The van der Waals surface area contributed by atoms with Crippen molar-refractivity contribution in [3.63, 3.8) is 0 Å². The van der Waals surface area contributed by atoms with E-state index >= 15 is 0 Å². The molecule has 0 amide bonds. The fraction of sp³-hybridized carbons (Fsp3) is 0.538. The van der Waals surface area contributed by atoms with Gasteiger partial charge in [0.05, 0.1) is 0 Å². The van der Waals surface area contributed by atoms with Gasteiger partial charge in [0.25, 0.3) is 0 Å². The molecule has 2 atom stereocenters. The summed E-state index contributed by atoms with van der Waals surface area (Å²) in [5.74, 6) is 0.678. The molecular weight excluding hydrogens is 170 g/mol. The molecule has 2 unspecified atom stereocenters. The van der Waals surface area contributed by atoms with Gasteiger partial charge in [0.2, 0.25) is 0 Å². The highest BCUT2D eigenvalue weighted by molar-refractivity contribution is 5.38. The topological polar surface area (TPSA) is 26.0 Å². The molecule has 1 heteroatoms. The van der Waals surface area contributed by atoms with E-state index in [0.717, 1.165) is 6.42 Å². The van der Waals surface area contributed by atoms with Gasteiger partial charge in [0.15, 0.2) is 0 Å². The van der Waals surface area contributed by atoms with Gasteiger partial charge in [0, 0.05) is 6.04 Å². The van der Waals surface area contributed by atoms with Crippen molar-refractivity contribution >= 4 is 0 Å². The third-order valence-corrected chi connectivity index (χ3v) is 3.47. The molecule has 0 radical (unpaired) electrons. The minimum absolute atomic E-state index is 0.288. The van der Waals surface area contributed by atoms with Crippen LogP contribution >= 0.6 is 0 Å². The Hall–Kier alpha value is -0.820. The van der Waals surface area contributed by atoms with E-state index in [9.17, 15) is 0 Å². The van der Waals surface area contributed by atoms with E-state index in [-0.39, 0.29) is 6.04 Å². The Labute approximate surface area is 86.3 Å². The number of fused-ring (bicyclic) bond motifs is 1. The van der Waals surface area contributed by atoms with E-state index < -0.39 is 0 Å². The van der Waals surface area contributed by atoms with Gasteiger partial charge in [-0.3, -0.25) is 0 Å². The van der Waals surface area contributed by atoms with Crippen LogP contribution in [0.5, 0.6) is 0 Å². The summed E-state index contributed by atoms with van der Waals surface area (Å²) in [6.07, 6.45) is 3.50. The lowest BCUT2D eigenvalue weighted by Gasteiger charge is -2.11. The van der Waals surface area contributed by atoms with Crippen molar-refractivity contribution in [3.8, 4) is 0 Å². The Morgan fingerprint density at radius 1 is 1.50 bits per heavy atom. The zero-order chi connectivity index (χ0) is 10.1. The average molecular weight is 189 g/mol. The summed E-state index contributed by atoms with van der Waals surface area (Å²) in [7, 11) is 0. The molecule has 0 saturated carbocycles. The summed E-state index contributed by atoms with van der Waals surface area (Å²) in [4.78, 5) is 0. The van der Waals surface area contributed by atoms with Crippen LogP contribution in [0.2, 0.25) is 0 Å². The van der Waals surface area contributed by atoms with Gasteiger partial charge >= 0.3 is 0 Å². The summed E-state index contributed by atoms with van der Waals surface area (Å²) in [5.41, 5.74) is 10.3. The van der Waals surface area contributed by atoms with Crippen LogP contribution in [0.4, 0.5) is 0 Å². The lowest BCUT2D eigenvalue weighted by Crippen LogP contribution is -2.05. The van der Waals surface area contributed by atoms with E-state index in [4.69, 9.17) is 5.73 Å². The normalized spacial score (nSPS) is 22.1. The molecule has 1 aliphatic rings. The third kappa shape index (κ3) is 1.57. The highest BCUT2D eigenvalue weighted by atomic mass is 14.6.